The van der Waals surface area contributed by atoms with Gasteiger partial charge in [-0.3, -0.25) is 4.90 Å². The van der Waals surface area contributed by atoms with Gasteiger partial charge in [-0.2, -0.15) is 0 Å². The number of hydrogen-bond donors (Lipinski definition) is 1. The smallest absolute Gasteiger partial charge is 0.0465 e. The lowest BCUT2D eigenvalue weighted by molar-refractivity contribution is 0.192. The zero-order valence-corrected chi connectivity index (χ0v) is 12.0. The molecule has 1 aromatic rings. The average Bonchev–Trinajstić information content (AvgIpc) is 2.91. The van der Waals surface area contributed by atoms with E-state index in [4.69, 9.17) is 0 Å². The molecule has 2 atom stereocenters. The van der Waals surface area contributed by atoms with Crippen LogP contribution in [0.2, 0.25) is 0 Å². The van der Waals surface area contributed by atoms with Crippen LogP contribution in [-0.4, -0.2) is 30.6 Å². The fourth-order valence-electron chi connectivity index (χ4n) is 2.88. The van der Waals surface area contributed by atoms with Crippen molar-refractivity contribution in [2.24, 2.45) is 5.92 Å². The molecule has 0 radical (unpaired) electrons. The lowest BCUT2D eigenvalue weighted by Crippen LogP contribution is -2.35. The molecule has 0 amide bonds. The summed E-state index contributed by atoms with van der Waals surface area (Å²) in [6.07, 6.45) is 1.29. The van der Waals surface area contributed by atoms with Crippen LogP contribution >= 0.6 is 11.3 Å². The van der Waals surface area contributed by atoms with E-state index in [1.807, 2.05) is 11.3 Å². The van der Waals surface area contributed by atoms with Crippen molar-refractivity contribution >= 4 is 11.3 Å². The van der Waals surface area contributed by atoms with Crippen LogP contribution in [0.25, 0.3) is 0 Å². The zero-order valence-electron chi connectivity index (χ0n) is 11.1. The molecule has 1 aliphatic heterocycles. The second kappa shape index (κ2) is 5.98. The van der Waals surface area contributed by atoms with E-state index in [1.54, 1.807) is 0 Å². The van der Waals surface area contributed by atoms with Crippen molar-refractivity contribution in [1.82, 2.24) is 10.2 Å². The molecule has 96 valence electrons. The van der Waals surface area contributed by atoms with E-state index in [0.717, 1.165) is 6.54 Å². The number of likely N-dealkylation sites (tertiary alicyclic amines) is 1. The molecule has 1 fully saturated rings. The minimum Gasteiger partial charge on any atom is -0.313 e. The summed E-state index contributed by atoms with van der Waals surface area (Å²) in [6.45, 7) is 10.4. The van der Waals surface area contributed by atoms with E-state index in [1.165, 1.54) is 24.4 Å². The Bertz CT molecular complexity index is 321. The number of nitrogens with zero attached hydrogens (tertiary/aromatic N) is 1. The fourth-order valence-corrected chi connectivity index (χ4v) is 3.92. The molecule has 0 aromatic carbocycles. The predicted octanol–water partition coefficient (Wildman–Crippen LogP) is 3.13. The molecule has 1 N–H and O–H groups in total. The zero-order chi connectivity index (χ0) is 12.3. The van der Waals surface area contributed by atoms with Crippen molar-refractivity contribution in [1.29, 1.82) is 0 Å². The molecule has 1 aliphatic rings. The first-order chi connectivity index (χ1) is 8.22. The average molecular weight is 252 g/mol. The van der Waals surface area contributed by atoms with Crippen LogP contribution in [0.5, 0.6) is 0 Å². The van der Waals surface area contributed by atoms with Crippen molar-refractivity contribution in [3.05, 3.63) is 22.4 Å². The summed E-state index contributed by atoms with van der Waals surface area (Å²) in [4.78, 5) is 4.18. The highest BCUT2D eigenvalue weighted by Gasteiger charge is 2.30. The summed E-state index contributed by atoms with van der Waals surface area (Å²) in [5, 5.41) is 5.77. The van der Waals surface area contributed by atoms with E-state index in [2.05, 4.69) is 48.5 Å². The second-order valence-corrected chi connectivity index (χ2v) is 6.22. The molecule has 0 bridgehead atoms. The normalized spacial score (nSPS) is 23.4. The van der Waals surface area contributed by atoms with Gasteiger partial charge in [-0.25, -0.2) is 0 Å². The maximum atomic E-state index is 3.58. The standard InChI is InChI=1S/C14H24N2S/c1-4-15-12-7-8-16(10-12)14(11(2)3)13-6-5-9-17-13/h5-6,9,11-12,14-15H,4,7-8,10H2,1-3H3. The molecule has 1 saturated heterocycles. The number of likely N-dealkylation sites (N-methyl/N-ethyl adjacent to an activating group) is 1. The van der Waals surface area contributed by atoms with Gasteiger partial charge in [-0.1, -0.05) is 26.8 Å². The van der Waals surface area contributed by atoms with Crippen LogP contribution in [0, 0.1) is 5.92 Å². The lowest BCUT2D eigenvalue weighted by Gasteiger charge is -2.30. The Kier molecular flexibility index (Phi) is 4.60. The second-order valence-electron chi connectivity index (χ2n) is 5.24. The van der Waals surface area contributed by atoms with Crippen LogP contribution in [0.3, 0.4) is 0 Å². The first-order valence-corrected chi connectivity index (χ1v) is 7.61. The molecule has 0 spiro atoms. The predicted molar refractivity (Wildman–Crippen MR) is 75.6 cm³/mol. The van der Waals surface area contributed by atoms with Gasteiger partial charge in [-0.15, -0.1) is 11.3 Å². The molecule has 2 rings (SSSR count). The minimum absolute atomic E-state index is 0.610. The number of thiophene rings is 1. The summed E-state index contributed by atoms with van der Waals surface area (Å²) in [5.41, 5.74) is 0. The van der Waals surface area contributed by atoms with Crippen molar-refractivity contribution in [2.45, 2.75) is 39.3 Å². The van der Waals surface area contributed by atoms with Crippen molar-refractivity contribution in [2.75, 3.05) is 19.6 Å². The quantitative estimate of drug-likeness (QED) is 0.866. The summed E-state index contributed by atoms with van der Waals surface area (Å²) in [7, 11) is 0. The van der Waals surface area contributed by atoms with Gasteiger partial charge < -0.3 is 5.32 Å². The molecule has 1 aromatic heterocycles. The first kappa shape index (κ1) is 13.1. The summed E-state index contributed by atoms with van der Waals surface area (Å²) in [5.74, 6) is 0.689. The van der Waals surface area contributed by atoms with Gasteiger partial charge in [0.15, 0.2) is 0 Å². The van der Waals surface area contributed by atoms with Crippen LogP contribution in [0.4, 0.5) is 0 Å². The van der Waals surface area contributed by atoms with Crippen molar-refractivity contribution in [3.63, 3.8) is 0 Å². The van der Waals surface area contributed by atoms with Gasteiger partial charge in [0.25, 0.3) is 0 Å². The topological polar surface area (TPSA) is 15.3 Å². The molecular weight excluding hydrogens is 228 g/mol. The molecule has 2 nitrogen and oxygen atoms in total. The molecule has 2 unspecified atom stereocenters. The van der Waals surface area contributed by atoms with Gasteiger partial charge in [0, 0.05) is 30.1 Å². The van der Waals surface area contributed by atoms with Gasteiger partial charge in [-0.05, 0) is 30.3 Å². The Balaban J connectivity index is 2.03. The summed E-state index contributed by atoms with van der Waals surface area (Å²) >= 11 is 1.90. The van der Waals surface area contributed by atoms with Gasteiger partial charge in [0.2, 0.25) is 0 Å². The van der Waals surface area contributed by atoms with Gasteiger partial charge >= 0.3 is 0 Å². The monoisotopic (exact) mass is 252 g/mol. The molecule has 17 heavy (non-hydrogen) atoms. The first-order valence-electron chi connectivity index (χ1n) is 6.73. The van der Waals surface area contributed by atoms with Gasteiger partial charge in [0.05, 0.1) is 0 Å². The Hall–Kier alpha value is -0.380. The minimum atomic E-state index is 0.610. The van der Waals surface area contributed by atoms with Crippen LogP contribution in [0.15, 0.2) is 17.5 Å². The molecular formula is C14H24N2S. The van der Waals surface area contributed by atoms with Crippen molar-refractivity contribution < 1.29 is 0 Å². The fraction of sp³-hybridized carbons (Fsp3) is 0.714. The molecule has 2 heterocycles. The Morgan fingerprint density at radius 2 is 2.35 bits per heavy atom. The van der Waals surface area contributed by atoms with Crippen molar-refractivity contribution in [3.8, 4) is 0 Å². The maximum Gasteiger partial charge on any atom is 0.0465 e. The lowest BCUT2D eigenvalue weighted by atomic mass is 10.0. The summed E-state index contributed by atoms with van der Waals surface area (Å²) < 4.78 is 0. The van der Waals surface area contributed by atoms with Crippen LogP contribution in [0.1, 0.15) is 38.1 Å². The SMILES string of the molecule is CCNC1CCN(C(c2cccs2)C(C)C)C1. The number of nitrogens with one attached hydrogen (secondary N) is 1. The van der Waals surface area contributed by atoms with Crippen LogP contribution < -0.4 is 5.32 Å². The van der Waals surface area contributed by atoms with Crippen LogP contribution in [-0.2, 0) is 0 Å². The third-order valence-corrected chi connectivity index (χ3v) is 4.51. The van der Waals surface area contributed by atoms with E-state index >= 15 is 0 Å². The van der Waals surface area contributed by atoms with E-state index < -0.39 is 0 Å². The van der Waals surface area contributed by atoms with E-state index in [-0.39, 0.29) is 0 Å². The third-order valence-electron chi connectivity index (χ3n) is 3.57. The molecule has 3 heteroatoms. The number of rotatable bonds is 5. The third kappa shape index (κ3) is 3.09. The highest BCUT2D eigenvalue weighted by molar-refractivity contribution is 7.10. The number of hydrogen-bond acceptors (Lipinski definition) is 3. The maximum absolute atomic E-state index is 3.58. The largest absolute Gasteiger partial charge is 0.313 e. The summed E-state index contributed by atoms with van der Waals surface area (Å²) in [6, 6.07) is 5.77. The molecule has 0 saturated carbocycles. The highest BCUT2D eigenvalue weighted by Crippen LogP contribution is 2.33. The Morgan fingerprint density at radius 3 is 2.94 bits per heavy atom. The van der Waals surface area contributed by atoms with Gasteiger partial charge in [0.1, 0.15) is 0 Å². The van der Waals surface area contributed by atoms with E-state index in [9.17, 15) is 0 Å². The highest BCUT2D eigenvalue weighted by atomic mass is 32.1. The Morgan fingerprint density at radius 1 is 1.53 bits per heavy atom. The Labute approximate surface area is 109 Å². The molecule has 0 aliphatic carbocycles. The van der Waals surface area contributed by atoms with E-state index in [0.29, 0.717) is 18.0 Å².